The molecule has 1 aliphatic carbocycles. The molecule has 0 aromatic heterocycles. The third-order valence-electron chi connectivity index (χ3n) is 1.86. The van der Waals surface area contributed by atoms with Crippen molar-refractivity contribution < 1.29 is 9.13 Å². The number of rotatable bonds is 1. The first-order valence-corrected chi connectivity index (χ1v) is 4.01. The molecule has 0 N–H and O–H groups in total. The lowest BCUT2D eigenvalue weighted by molar-refractivity contribution is 0.274. The quantitative estimate of drug-likeness (QED) is 0.584. The van der Waals surface area contributed by atoms with Crippen LogP contribution in [0.3, 0.4) is 0 Å². The summed E-state index contributed by atoms with van der Waals surface area (Å²) >= 11 is 0. The zero-order valence-corrected chi connectivity index (χ0v) is 7.43. The fourth-order valence-electron chi connectivity index (χ4n) is 1.21. The van der Waals surface area contributed by atoms with Crippen LogP contribution < -0.4 is 0 Å². The van der Waals surface area contributed by atoms with Crippen molar-refractivity contribution in [3.63, 3.8) is 0 Å². The second-order valence-electron chi connectivity index (χ2n) is 2.78. The lowest BCUT2D eigenvalue weighted by atomic mass is 10.1. The van der Waals surface area contributed by atoms with E-state index in [2.05, 4.69) is 0 Å². The van der Waals surface area contributed by atoms with Crippen LogP contribution in [0.1, 0.15) is 19.8 Å². The fourth-order valence-corrected chi connectivity index (χ4v) is 1.21. The van der Waals surface area contributed by atoms with Gasteiger partial charge in [0.2, 0.25) is 0 Å². The van der Waals surface area contributed by atoms with E-state index >= 15 is 0 Å². The maximum Gasteiger partial charge on any atom is 0.123 e. The number of hydrogen-bond donors (Lipinski definition) is 0. The largest absolute Gasteiger partial charge is 0.501 e. The first-order valence-electron chi connectivity index (χ1n) is 4.01. The minimum Gasteiger partial charge on any atom is -0.501 e. The molecule has 66 valence electrons. The number of allylic oxidation sites excluding steroid dienone is 6. The molecule has 12 heavy (non-hydrogen) atoms. The van der Waals surface area contributed by atoms with E-state index in [1.165, 1.54) is 12.2 Å². The van der Waals surface area contributed by atoms with Gasteiger partial charge in [-0.15, -0.1) is 0 Å². The first kappa shape index (κ1) is 9.04. The van der Waals surface area contributed by atoms with Gasteiger partial charge in [-0.25, -0.2) is 4.39 Å². The van der Waals surface area contributed by atoms with E-state index in [9.17, 15) is 4.39 Å². The Morgan fingerprint density at radius 2 is 2.25 bits per heavy atom. The highest BCUT2D eigenvalue weighted by molar-refractivity contribution is 5.28. The normalized spacial score (nSPS) is 28.8. The van der Waals surface area contributed by atoms with Crippen molar-refractivity contribution in [1.29, 1.82) is 0 Å². The van der Waals surface area contributed by atoms with Gasteiger partial charge >= 0.3 is 0 Å². The van der Waals surface area contributed by atoms with Gasteiger partial charge in [0.15, 0.2) is 0 Å². The van der Waals surface area contributed by atoms with Crippen LogP contribution in [0.5, 0.6) is 0 Å². The molecular weight excluding hydrogens is 155 g/mol. The number of halogens is 1. The van der Waals surface area contributed by atoms with Gasteiger partial charge in [-0.05, 0) is 31.1 Å². The summed E-state index contributed by atoms with van der Waals surface area (Å²) < 4.78 is 18.0. The molecule has 0 unspecified atom stereocenters. The molecule has 2 heteroatoms. The van der Waals surface area contributed by atoms with Crippen LogP contribution in [-0.4, -0.2) is 7.11 Å². The summed E-state index contributed by atoms with van der Waals surface area (Å²) in [5, 5.41) is 0. The summed E-state index contributed by atoms with van der Waals surface area (Å²) in [6.07, 6.45) is 6.49. The molecule has 0 bridgehead atoms. The number of methoxy groups -OCH3 is 1. The molecular formula is C10H13FO. The Morgan fingerprint density at radius 3 is 2.92 bits per heavy atom. The van der Waals surface area contributed by atoms with Gasteiger partial charge in [0, 0.05) is 6.42 Å². The molecule has 0 spiro atoms. The van der Waals surface area contributed by atoms with Crippen LogP contribution in [0.25, 0.3) is 0 Å². The zero-order chi connectivity index (χ0) is 8.97. The smallest absolute Gasteiger partial charge is 0.123 e. The lowest BCUT2D eigenvalue weighted by Crippen LogP contribution is -1.92. The van der Waals surface area contributed by atoms with Crippen molar-refractivity contribution in [3.05, 3.63) is 35.4 Å². The van der Waals surface area contributed by atoms with Crippen LogP contribution >= 0.6 is 0 Å². The van der Waals surface area contributed by atoms with E-state index in [1.807, 2.05) is 13.0 Å². The molecule has 0 saturated heterocycles. The lowest BCUT2D eigenvalue weighted by Gasteiger charge is -2.08. The maximum absolute atomic E-state index is 12.9. The molecule has 0 heterocycles. The van der Waals surface area contributed by atoms with E-state index in [-0.39, 0.29) is 5.83 Å². The Labute approximate surface area is 72.2 Å². The van der Waals surface area contributed by atoms with Crippen molar-refractivity contribution in [2.24, 2.45) is 0 Å². The molecule has 0 radical (unpaired) electrons. The average molecular weight is 168 g/mol. The highest BCUT2D eigenvalue weighted by Crippen LogP contribution is 2.18. The van der Waals surface area contributed by atoms with Gasteiger partial charge in [0.05, 0.1) is 12.9 Å². The Kier molecular flexibility index (Phi) is 3.09. The number of ether oxygens (including phenoxy) is 1. The standard InChI is InChI=1S/C10H13FO/c1-8-7-9(11)5-3-4-6-10(8)12-2/h3,5,7H,4,6H2,1-2H3/b5-3?,9-7+,10-8+. The Hall–Kier alpha value is -1.05. The summed E-state index contributed by atoms with van der Waals surface area (Å²) in [7, 11) is 1.62. The highest BCUT2D eigenvalue weighted by Gasteiger charge is 2.03. The van der Waals surface area contributed by atoms with Gasteiger partial charge in [-0.3, -0.25) is 0 Å². The Balaban J connectivity index is 2.92. The molecule has 0 aromatic rings. The molecule has 0 amide bonds. The van der Waals surface area contributed by atoms with Crippen molar-refractivity contribution in [2.45, 2.75) is 19.8 Å². The highest BCUT2D eigenvalue weighted by atomic mass is 19.1. The van der Waals surface area contributed by atoms with Crippen molar-refractivity contribution in [3.8, 4) is 0 Å². The van der Waals surface area contributed by atoms with Crippen LogP contribution in [0.2, 0.25) is 0 Å². The second-order valence-corrected chi connectivity index (χ2v) is 2.78. The molecule has 1 rings (SSSR count). The van der Waals surface area contributed by atoms with Crippen LogP contribution in [0.4, 0.5) is 4.39 Å². The third kappa shape index (κ3) is 2.22. The second kappa shape index (κ2) is 4.10. The first-order chi connectivity index (χ1) is 5.74. The number of hydrogen-bond acceptors (Lipinski definition) is 1. The fraction of sp³-hybridized carbons (Fsp3) is 0.400. The monoisotopic (exact) mass is 168 g/mol. The summed E-state index contributed by atoms with van der Waals surface area (Å²) in [5.74, 6) is 0.663. The molecule has 0 saturated carbocycles. The van der Waals surface area contributed by atoms with Gasteiger partial charge < -0.3 is 4.74 Å². The SMILES string of the molecule is CO/C1=C(C)/C=C(/F)C=CCC1. The molecule has 1 nitrogen and oxygen atoms in total. The van der Waals surface area contributed by atoms with E-state index in [1.54, 1.807) is 7.11 Å². The zero-order valence-electron chi connectivity index (χ0n) is 7.43. The molecule has 0 aliphatic heterocycles. The van der Waals surface area contributed by atoms with E-state index in [0.717, 1.165) is 24.2 Å². The van der Waals surface area contributed by atoms with E-state index in [4.69, 9.17) is 4.74 Å². The van der Waals surface area contributed by atoms with Gasteiger partial charge in [-0.1, -0.05) is 6.08 Å². The van der Waals surface area contributed by atoms with Gasteiger partial charge in [-0.2, -0.15) is 0 Å². The summed E-state index contributed by atoms with van der Waals surface area (Å²) in [6, 6.07) is 0. The van der Waals surface area contributed by atoms with Crippen LogP contribution in [0.15, 0.2) is 35.4 Å². The maximum atomic E-state index is 12.9. The predicted molar refractivity (Wildman–Crippen MR) is 47.3 cm³/mol. The van der Waals surface area contributed by atoms with Crippen molar-refractivity contribution in [2.75, 3.05) is 7.11 Å². The Morgan fingerprint density at radius 1 is 1.50 bits per heavy atom. The van der Waals surface area contributed by atoms with Gasteiger partial charge in [0.1, 0.15) is 5.83 Å². The van der Waals surface area contributed by atoms with Crippen molar-refractivity contribution >= 4 is 0 Å². The molecule has 0 aromatic carbocycles. The molecule has 0 fully saturated rings. The van der Waals surface area contributed by atoms with Gasteiger partial charge in [0.25, 0.3) is 0 Å². The average Bonchev–Trinajstić information content (AvgIpc) is 2.01. The Bertz CT molecular complexity index is 249. The van der Waals surface area contributed by atoms with Crippen LogP contribution in [-0.2, 0) is 4.74 Å². The van der Waals surface area contributed by atoms with Crippen LogP contribution in [0, 0.1) is 0 Å². The topological polar surface area (TPSA) is 9.23 Å². The minimum atomic E-state index is -0.207. The molecule has 0 atom stereocenters. The molecule has 1 aliphatic rings. The predicted octanol–water partition coefficient (Wildman–Crippen LogP) is 3.11. The van der Waals surface area contributed by atoms with Crippen molar-refractivity contribution in [1.82, 2.24) is 0 Å². The summed E-state index contributed by atoms with van der Waals surface area (Å²) in [6.45, 7) is 1.86. The van der Waals surface area contributed by atoms with E-state index < -0.39 is 0 Å². The van der Waals surface area contributed by atoms with E-state index in [0.29, 0.717) is 0 Å². The summed E-state index contributed by atoms with van der Waals surface area (Å²) in [4.78, 5) is 0. The third-order valence-corrected chi connectivity index (χ3v) is 1.86. The summed E-state index contributed by atoms with van der Waals surface area (Å²) in [5.41, 5.74) is 0.874. The minimum absolute atomic E-state index is 0.207.